The van der Waals surface area contributed by atoms with Crippen molar-refractivity contribution in [2.24, 2.45) is 0 Å². The van der Waals surface area contributed by atoms with Crippen LogP contribution in [0.1, 0.15) is 25.5 Å². The summed E-state index contributed by atoms with van der Waals surface area (Å²) in [7, 11) is 0. The number of amides is 2. The molecule has 1 aromatic heterocycles. The zero-order valence-corrected chi connectivity index (χ0v) is 13.6. The minimum absolute atomic E-state index is 0.268. The zero-order chi connectivity index (χ0) is 15.9. The lowest BCUT2D eigenvalue weighted by atomic mass is 10.2. The molecule has 0 spiro atoms. The second kappa shape index (κ2) is 7.91. The molecule has 0 aliphatic carbocycles. The SMILES string of the molecule is CCC(O)CCNC(=O)Nc1cccc(-c2nc(C)cs2)c1. The maximum atomic E-state index is 11.8. The van der Waals surface area contributed by atoms with Crippen LogP contribution in [-0.2, 0) is 0 Å². The first-order valence-electron chi connectivity index (χ1n) is 7.34. The monoisotopic (exact) mass is 319 g/mol. The standard InChI is InChI=1S/C16H21N3O2S/c1-3-14(20)7-8-17-16(21)19-13-6-4-5-12(9-13)15-18-11(2)10-22-15/h4-6,9-10,14,20H,3,7-8H2,1-2H3,(H2,17,19,21). The van der Waals surface area contributed by atoms with Crippen molar-refractivity contribution >= 4 is 23.1 Å². The number of rotatable bonds is 6. The van der Waals surface area contributed by atoms with E-state index in [1.165, 1.54) is 0 Å². The van der Waals surface area contributed by atoms with Gasteiger partial charge in [0.25, 0.3) is 0 Å². The van der Waals surface area contributed by atoms with Crippen molar-refractivity contribution in [2.75, 3.05) is 11.9 Å². The van der Waals surface area contributed by atoms with E-state index in [0.717, 1.165) is 22.0 Å². The average molecular weight is 319 g/mol. The minimum atomic E-state index is -0.364. The van der Waals surface area contributed by atoms with Crippen molar-refractivity contribution in [1.82, 2.24) is 10.3 Å². The van der Waals surface area contributed by atoms with Gasteiger partial charge in [-0.05, 0) is 31.9 Å². The number of aryl methyl sites for hydroxylation is 1. The normalized spacial score (nSPS) is 12.0. The molecule has 3 N–H and O–H groups in total. The molecule has 0 bridgehead atoms. The van der Waals surface area contributed by atoms with Crippen LogP contribution in [0.5, 0.6) is 0 Å². The van der Waals surface area contributed by atoms with Gasteiger partial charge >= 0.3 is 6.03 Å². The van der Waals surface area contributed by atoms with E-state index in [2.05, 4.69) is 15.6 Å². The summed E-state index contributed by atoms with van der Waals surface area (Å²) in [6.07, 6.45) is 0.887. The van der Waals surface area contributed by atoms with Crippen LogP contribution in [0.25, 0.3) is 10.6 Å². The summed E-state index contributed by atoms with van der Waals surface area (Å²) in [6.45, 7) is 4.32. The van der Waals surface area contributed by atoms with Crippen LogP contribution in [0.15, 0.2) is 29.6 Å². The van der Waals surface area contributed by atoms with E-state index in [1.807, 2.05) is 43.5 Å². The lowest BCUT2D eigenvalue weighted by Crippen LogP contribution is -2.31. The molecule has 6 heteroatoms. The fraction of sp³-hybridized carbons (Fsp3) is 0.375. The van der Waals surface area contributed by atoms with E-state index in [1.54, 1.807) is 11.3 Å². The molecule has 118 valence electrons. The Kier molecular flexibility index (Phi) is 5.91. The van der Waals surface area contributed by atoms with E-state index in [0.29, 0.717) is 19.4 Å². The highest BCUT2D eigenvalue weighted by molar-refractivity contribution is 7.13. The molecule has 1 unspecified atom stereocenters. The molecule has 22 heavy (non-hydrogen) atoms. The summed E-state index contributed by atoms with van der Waals surface area (Å²) >= 11 is 1.58. The maximum absolute atomic E-state index is 11.8. The average Bonchev–Trinajstić information content (AvgIpc) is 2.94. The number of aliphatic hydroxyl groups excluding tert-OH is 1. The Labute approximate surface area is 134 Å². The zero-order valence-electron chi connectivity index (χ0n) is 12.8. The third kappa shape index (κ3) is 4.82. The number of benzene rings is 1. The molecule has 1 aromatic carbocycles. The molecule has 2 amide bonds. The number of hydrogen-bond donors (Lipinski definition) is 3. The molecule has 1 heterocycles. The number of hydrogen-bond acceptors (Lipinski definition) is 4. The highest BCUT2D eigenvalue weighted by Crippen LogP contribution is 2.25. The molecule has 2 rings (SSSR count). The van der Waals surface area contributed by atoms with E-state index in [9.17, 15) is 9.90 Å². The quantitative estimate of drug-likeness (QED) is 0.764. The first-order valence-corrected chi connectivity index (χ1v) is 8.22. The van der Waals surface area contributed by atoms with Crippen LogP contribution >= 0.6 is 11.3 Å². The molecule has 0 aliphatic heterocycles. The Balaban J connectivity index is 1.91. The van der Waals surface area contributed by atoms with Gasteiger partial charge in [0.2, 0.25) is 0 Å². The molecule has 0 radical (unpaired) electrons. The summed E-state index contributed by atoms with van der Waals surface area (Å²) in [5, 5.41) is 17.9. The van der Waals surface area contributed by atoms with E-state index in [4.69, 9.17) is 0 Å². The summed E-state index contributed by atoms with van der Waals surface area (Å²) in [4.78, 5) is 16.3. The predicted molar refractivity (Wildman–Crippen MR) is 90.2 cm³/mol. The number of anilines is 1. The number of aromatic nitrogens is 1. The number of aliphatic hydroxyl groups is 1. The molecule has 0 fully saturated rings. The van der Waals surface area contributed by atoms with Gasteiger partial charge < -0.3 is 15.7 Å². The molecular formula is C16H21N3O2S. The van der Waals surface area contributed by atoms with Crippen molar-refractivity contribution < 1.29 is 9.90 Å². The van der Waals surface area contributed by atoms with Crippen LogP contribution in [0, 0.1) is 6.92 Å². The van der Waals surface area contributed by atoms with E-state index in [-0.39, 0.29) is 12.1 Å². The van der Waals surface area contributed by atoms with Crippen LogP contribution in [0.3, 0.4) is 0 Å². The number of nitrogens with zero attached hydrogens (tertiary/aromatic N) is 1. The summed E-state index contributed by atoms with van der Waals surface area (Å²) in [6, 6.07) is 7.33. The van der Waals surface area contributed by atoms with E-state index >= 15 is 0 Å². The third-order valence-electron chi connectivity index (χ3n) is 3.22. The first-order chi connectivity index (χ1) is 10.6. The molecule has 5 nitrogen and oxygen atoms in total. The Hall–Kier alpha value is -1.92. The molecule has 0 aliphatic rings. The predicted octanol–water partition coefficient (Wildman–Crippen LogP) is 3.40. The first kappa shape index (κ1) is 16.5. The molecular weight excluding hydrogens is 298 g/mol. The van der Waals surface area contributed by atoms with Crippen molar-refractivity contribution in [2.45, 2.75) is 32.8 Å². The van der Waals surface area contributed by atoms with Crippen LogP contribution in [0.4, 0.5) is 10.5 Å². The van der Waals surface area contributed by atoms with E-state index < -0.39 is 0 Å². The molecule has 2 aromatic rings. The van der Waals surface area contributed by atoms with Gasteiger partial charge in [-0.2, -0.15) is 0 Å². The van der Waals surface area contributed by atoms with Gasteiger partial charge in [0, 0.05) is 28.9 Å². The fourth-order valence-electron chi connectivity index (χ4n) is 1.95. The van der Waals surface area contributed by atoms with Gasteiger partial charge in [0.1, 0.15) is 5.01 Å². The Bertz CT molecular complexity index is 627. The van der Waals surface area contributed by atoms with Gasteiger partial charge in [-0.3, -0.25) is 0 Å². The summed E-state index contributed by atoms with van der Waals surface area (Å²) in [5.41, 5.74) is 2.70. The maximum Gasteiger partial charge on any atom is 0.319 e. The molecule has 0 saturated carbocycles. The smallest absolute Gasteiger partial charge is 0.319 e. The molecule has 0 saturated heterocycles. The van der Waals surface area contributed by atoms with Crippen molar-refractivity contribution in [3.8, 4) is 10.6 Å². The highest BCUT2D eigenvalue weighted by atomic mass is 32.1. The van der Waals surface area contributed by atoms with Crippen molar-refractivity contribution in [3.05, 3.63) is 35.3 Å². The number of carbonyl (C=O) groups excluding carboxylic acids is 1. The third-order valence-corrected chi connectivity index (χ3v) is 4.23. The number of urea groups is 1. The topological polar surface area (TPSA) is 74.2 Å². The lowest BCUT2D eigenvalue weighted by Gasteiger charge is -2.10. The lowest BCUT2D eigenvalue weighted by molar-refractivity contribution is 0.160. The van der Waals surface area contributed by atoms with Gasteiger partial charge in [-0.25, -0.2) is 9.78 Å². The summed E-state index contributed by atoms with van der Waals surface area (Å²) in [5.74, 6) is 0. The molecule has 1 atom stereocenters. The van der Waals surface area contributed by atoms with Crippen LogP contribution < -0.4 is 10.6 Å². The number of thiazole rings is 1. The van der Waals surface area contributed by atoms with Crippen molar-refractivity contribution in [1.29, 1.82) is 0 Å². The van der Waals surface area contributed by atoms with Gasteiger partial charge in [0.15, 0.2) is 0 Å². The largest absolute Gasteiger partial charge is 0.393 e. The van der Waals surface area contributed by atoms with Gasteiger partial charge in [0.05, 0.1) is 6.10 Å². The van der Waals surface area contributed by atoms with Gasteiger partial charge in [-0.15, -0.1) is 11.3 Å². The number of nitrogens with one attached hydrogen (secondary N) is 2. The van der Waals surface area contributed by atoms with Crippen LogP contribution in [0.2, 0.25) is 0 Å². The second-order valence-electron chi connectivity index (χ2n) is 5.11. The number of carbonyl (C=O) groups is 1. The van der Waals surface area contributed by atoms with Gasteiger partial charge in [-0.1, -0.05) is 19.1 Å². The fourth-order valence-corrected chi connectivity index (χ4v) is 2.74. The Morgan fingerprint density at radius 1 is 1.45 bits per heavy atom. The van der Waals surface area contributed by atoms with Crippen molar-refractivity contribution in [3.63, 3.8) is 0 Å². The second-order valence-corrected chi connectivity index (χ2v) is 5.96. The minimum Gasteiger partial charge on any atom is -0.393 e. The highest BCUT2D eigenvalue weighted by Gasteiger charge is 2.06. The van der Waals surface area contributed by atoms with Crippen LogP contribution in [-0.4, -0.2) is 28.8 Å². The Morgan fingerprint density at radius 3 is 2.95 bits per heavy atom. The Morgan fingerprint density at radius 2 is 2.27 bits per heavy atom. The summed E-state index contributed by atoms with van der Waals surface area (Å²) < 4.78 is 0.